The number of aliphatic imine (C=N–C) groups is 2. The fourth-order valence-corrected chi connectivity index (χ4v) is 4.45. The van der Waals surface area contributed by atoms with Gasteiger partial charge in [-0.15, -0.1) is 0 Å². The molecule has 0 saturated heterocycles. The van der Waals surface area contributed by atoms with Crippen LogP contribution in [0.2, 0.25) is 0 Å². The zero-order chi connectivity index (χ0) is 24.1. The van der Waals surface area contributed by atoms with Gasteiger partial charge >= 0.3 is 5.97 Å². The van der Waals surface area contributed by atoms with E-state index >= 15 is 0 Å². The van der Waals surface area contributed by atoms with E-state index in [-0.39, 0.29) is 37.1 Å². The molecular weight excluding hydrogens is 456 g/mol. The number of methoxy groups -OCH3 is 1. The van der Waals surface area contributed by atoms with E-state index in [9.17, 15) is 14.4 Å². The lowest BCUT2D eigenvalue weighted by atomic mass is 10.1. The Morgan fingerprint density at radius 3 is 2.71 bits per heavy atom. The van der Waals surface area contributed by atoms with Gasteiger partial charge in [0.25, 0.3) is 5.91 Å². The van der Waals surface area contributed by atoms with E-state index in [4.69, 9.17) is 9.47 Å². The highest BCUT2D eigenvalue weighted by Crippen LogP contribution is 2.34. The van der Waals surface area contributed by atoms with Crippen molar-refractivity contribution in [3.05, 3.63) is 59.7 Å². The van der Waals surface area contributed by atoms with Gasteiger partial charge in [0.2, 0.25) is 5.91 Å². The number of benzene rings is 2. The van der Waals surface area contributed by atoms with Gasteiger partial charge in [-0.3, -0.25) is 19.4 Å². The van der Waals surface area contributed by atoms with Crippen molar-refractivity contribution in [3.63, 3.8) is 0 Å². The van der Waals surface area contributed by atoms with E-state index < -0.39 is 12.0 Å². The summed E-state index contributed by atoms with van der Waals surface area (Å²) in [6.45, 7) is 2.28. The number of ether oxygens (including phenoxy) is 2. The van der Waals surface area contributed by atoms with Gasteiger partial charge < -0.3 is 14.8 Å². The maximum atomic E-state index is 13.2. The van der Waals surface area contributed by atoms with E-state index in [0.717, 1.165) is 17.3 Å². The first-order valence-electron chi connectivity index (χ1n) is 10.8. The maximum Gasteiger partial charge on any atom is 0.316 e. The van der Waals surface area contributed by atoms with Crippen LogP contribution in [0.5, 0.6) is 5.75 Å². The molecule has 2 aromatic carbocycles. The number of amides is 2. The van der Waals surface area contributed by atoms with Gasteiger partial charge in [0.15, 0.2) is 5.17 Å². The standard InChI is InChI=1S/C24H24N4O5S/c1-3-33-21(30)14-34-24-27-17-10-6-5-9-16(17)22-26-18(23(31)28(22)24)12-20(29)25-13-15-8-4-7-11-19(15)32-2/h4-11,18H,3,12-14H2,1-2H3,(H,25,29). The van der Waals surface area contributed by atoms with Gasteiger partial charge in [0.1, 0.15) is 17.6 Å². The van der Waals surface area contributed by atoms with Crippen LogP contribution in [0.3, 0.4) is 0 Å². The third-order valence-corrected chi connectivity index (χ3v) is 6.13. The second kappa shape index (κ2) is 10.5. The Hall–Kier alpha value is -3.66. The number of nitrogens with zero attached hydrogens (tertiary/aromatic N) is 3. The number of carbonyl (C=O) groups excluding carboxylic acids is 3. The highest BCUT2D eigenvalue weighted by molar-refractivity contribution is 8.14. The summed E-state index contributed by atoms with van der Waals surface area (Å²) in [5, 5.41) is 3.17. The predicted octanol–water partition coefficient (Wildman–Crippen LogP) is 2.66. The minimum absolute atomic E-state index is 0.00988. The number of hydrogen-bond acceptors (Lipinski definition) is 8. The molecular formula is C24H24N4O5S. The van der Waals surface area contributed by atoms with E-state index in [1.54, 1.807) is 14.0 Å². The molecule has 0 fully saturated rings. The molecule has 176 valence electrons. The van der Waals surface area contributed by atoms with Gasteiger partial charge in [0, 0.05) is 17.7 Å². The van der Waals surface area contributed by atoms with Crippen LogP contribution in [-0.2, 0) is 25.7 Å². The lowest BCUT2D eigenvalue weighted by Gasteiger charge is -2.25. The summed E-state index contributed by atoms with van der Waals surface area (Å²) >= 11 is 1.11. The summed E-state index contributed by atoms with van der Waals surface area (Å²) in [6.07, 6.45) is -0.105. The number of fused-ring (bicyclic) bond motifs is 3. The van der Waals surface area contributed by atoms with Crippen molar-refractivity contribution >= 4 is 46.2 Å². The topological polar surface area (TPSA) is 110 Å². The Morgan fingerprint density at radius 1 is 1.15 bits per heavy atom. The molecule has 0 aromatic heterocycles. The van der Waals surface area contributed by atoms with Crippen molar-refractivity contribution in [2.75, 3.05) is 19.5 Å². The number of carbonyl (C=O) groups is 3. The average molecular weight is 481 g/mol. The molecule has 2 amide bonds. The van der Waals surface area contributed by atoms with Crippen LogP contribution in [0.4, 0.5) is 5.69 Å². The quantitative estimate of drug-likeness (QED) is 0.582. The summed E-state index contributed by atoms with van der Waals surface area (Å²) in [4.78, 5) is 48.3. The van der Waals surface area contributed by atoms with Crippen molar-refractivity contribution in [1.82, 2.24) is 10.2 Å². The highest BCUT2D eigenvalue weighted by atomic mass is 32.2. The second-order valence-corrected chi connectivity index (χ2v) is 8.38. The molecule has 0 saturated carbocycles. The summed E-state index contributed by atoms with van der Waals surface area (Å²) in [5.74, 6) is 0.0614. The third kappa shape index (κ3) is 4.96. The molecule has 0 spiro atoms. The number of nitrogens with one attached hydrogen (secondary N) is 1. The summed E-state index contributed by atoms with van der Waals surface area (Å²) in [5.41, 5.74) is 2.18. The number of thioether (sulfide) groups is 1. The van der Waals surface area contributed by atoms with Crippen LogP contribution in [0.25, 0.3) is 0 Å². The zero-order valence-electron chi connectivity index (χ0n) is 18.8. The first-order valence-corrected chi connectivity index (χ1v) is 11.8. The van der Waals surface area contributed by atoms with Crippen LogP contribution in [0.1, 0.15) is 24.5 Å². The molecule has 1 atom stereocenters. The zero-order valence-corrected chi connectivity index (χ0v) is 19.6. The Balaban J connectivity index is 1.49. The van der Waals surface area contributed by atoms with Crippen molar-refractivity contribution in [2.45, 2.75) is 25.9 Å². The Bertz CT molecular complexity index is 1180. The van der Waals surface area contributed by atoms with Crippen LogP contribution < -0.4 is 10.1 Å². The van der Waals surface area contributed by atoms with E-state index in [2.05, 4.69) is 15.3 Å². The molecule has 0 bridgehead atoms. The van der Waals surface area contributed by atoms with Crippen molar-refractivity contribution in [1.29, 1.82) is 0 Å². The first-order chi connectivity index (χ1) is 16.5. The number of esters is 1. The molecule has 10 heteroatoms. The van der Waals surface area contributed by atoms with Gasteiger partial charge in [0.05, 0.1) is 31.6 Å². The molecule has 2 aliphatic heterocycles. The van der Waals surface area contributed by atoms with Crippen molar-refractivity contribution in [3.8, 4) is 5.75 Å². The summed E-state index contributed by atoms with van der Waals surface area (Å²) in [6, 6.07) is 13.8. The first kappa shape index (κ1) is 23.5. The molecule has 2 aromatic rings. The lowest BCUT2D eigenvalue weighted by Crippen LogP contribution is -2.42. The van der Waals surface area contributed by atoms with Gasteiger partial charge in [-0.2, -0.15) is 0 Å². The fraction of sp³-hybridized carbons (Fsp3) is 0.292. The normalized spacial score (nSPS) is 16.2. The molecule has 2 heterocycles. The Morgan fingerprint density at radius 2 is 1.91 bits per heavy atom. The van der Waals surface area contributed by atoms with Crippen LogP contribution in [0.15, 0.2) is 58.5 Å². The van der Waals surface area contributed by atoms with Crippen LogP contribution in [-0.4, -0.2) is 59.2 Å². The molecule has 9 nitrogen and oxygen atoms in total. The molecule has 0 radical (unpaired) electrons. The van der Waals surface area contributed by atoms with E-state index in [0.29, 0.717) is 28.0 Å². The third-order valence-electron chi connectivity index (χ3n) is 5.22. The molecule has 2 aliphatic rings. The average Bonchev–Trinajstić information content (AvgIpc) is 3.17. The van der Waals surface area contributed by atoms with Gasteiger partial charge in [-0.05, 0) is 25.1 Å². The van der Waals surface area contributed by atoms with E-state index in [1.165, 1.54) is 4.90 Å². The predicted molar refractivity (Wildman–Crippen MR) is 129 cm³/mol. The Kier molecular flexibility index (Phi) is 7.27. The minimum Gasteiger partial charge on any atom is -0.496 e. The fourth-order valence-electron chi connectivity index (χ4n) is 3.65. The maximum absolute atomic E-state index is 13.2. The number of rotatable bonds is 8. The van der Waals surface area contributed by atoms with Crippen LogP contribution >= 0.6 is 11.8 Å². The van der Waals surface area contributed by atoms with Crippen molar-refractivity contribution < 1.29 is 23.9 Å². The second-order valence-electron chi connectivity index (χ2n) is 7.44. The number of para-hydroxylation sites is 2. The number of amidine groups is 2. The molecule has 4 rings (SSSR count). The summed E-state index contributed by atoms with van der Waals surface area (Å²) < 4.78 is 10.3. The molecule has 1 unspecified atom stereocenters. The molecule has 34 heavy (non-hydrogen) atoms. The SMILES string of the molecule is CCOC(=O)CSC1=Nc2ccccc2C2=NC(CC(=O)NCc3ccccc3OC)C(=O)N12. The largest absolute Gasteiger partial charge is 0.496 e. The monoisotopic (exact) mass is 480 g/mol. The van der Waals surface area contributed by atoms with Gasteiger partial charge in [-0.1, -0.05) is 42.1 Å². The highest BCUT2D eigenvalue weighted by Gasteiger charge is 2.42. The van der Waals surface area contributed by atoms with E-state index in [1.807, 2.05) is 48.5 Å². The lowest BCUT2D eigenvalue weighted by molar-refractivity contribution is -0.139. The van der Waals surface area contributed by atoms with Crippen LogP contribution in [0, 0.1) is 0 Å². The molecule has 0 aliphatic carbocycles. The summed E-state index contributed by atoms with van der Waals surface area (Å²) in [7, 11) is 1.57. The number of hydrogen-bond donors (Lipinski definition) is 1. The van der Waals surface area contributed by atoms with Gasteiger partial charge in [-0.25, -0.2) is 9.89 Å². The smallest absolute Gasteiger partial charge is 0.316 e. The Labute approximate surface area is 201 Å². The van der Waals surface area contributed by atoms with Crippen molar-refractivity contribution in [2.24, 2.45) is 9.98 Å². The molecule has 1 N–H and O–H groups in total. The minimum atomic E-state index is -0.882.